The van der Waals surface area contributed by atoms with Crippen molar-refractivity contribution in [2.24, 2.45) is 5.92 Å². The number of aryl methyl sites for hydroxylation is 1. The van der Waals surface area contributed by atoms with Crippen LogP contribution in [-0.4, -0.2) is 44.6 Å². The van der Waals surface area contributed by atoms with Gasteiger partial charge in [-0.25, -0.2) is 0 Å². The van der Waals surface area contributed by atoms with E-state index in [9.17, 15) is 9.59 Å². The molecule has 1 N–H and O–H groups in total. The lowest BCUT2D eigenvalue weighted by molar-refractivity contribution is -0.144. The zero-order valence-corrected chi connectivity index (χ0v) is 15.5. The minimum Gasteiger partial charge on any atom is -0.361 e. The molecule has 2 saturated heterocycles. The highest BCUT2D eigenvalue weighted by Crippen LogP contribution is 2.47. The summed E-state index contributed by atoms with van der Waals surface area (Å²) in [5.74, 6) is 1.64. The van der Waals surface area contributed by atoms with Crippen molar-refractivity contribution in [1.29, 1.82) is 0 Å². The smallest absolute Gasteiger partial charge is 0.274 e. The highest BCUT2D eigenvalue weighted by molar-refractivity contribution is 8.00. The van der Waals surface area contributed by atoms with Crippen LogP contribution in [0.15, 0.2) is 10.6 Å². The third kappa shape index (κ3) is 2.72. The Hall–Kier alpha value is -1.50. The van der Waals surface area contributed by atoms with E-state index in [1.807, 2.05) is 11.8 Å². The minimum absolute atomic E-state index is 0.0420. The summed E-state index contributed by atoms with van der Waals surface area (Å²) in [6, 6.07) is 1.11. The SMILES string of the molecule is CCC1(C(C)C)CSC2CCC(NC(=O)c3cc(C)on3)C(=O)N21. The number of fused-ring (bicyclic) bond motifs is 1. The third-order valence-corrected chi connectivity index (χ3v) is 6.88. The van der Waals surface area contributed by atoms with E-state index in [1.165, 1.54) is 0 Å². The van der Waals surface area contributed by atoms with E-state index in [0.29, 0.717) is 18.1 Å². The highest BCUT2D eigenvalue weighted by atomic mass is 32.2. The fourth-order valence-electron chi connectivity index (χ4n) is 3.81. The van der Waals surface area contributed by atoms with Crippen LogP contribution < -0.4 is 5.32 Å². The van der Waals surface area contributed by atoms with E-state index < -0.39 is 6.04 Å². The summed E-state index contributed by atoms with van der Waals surface area (Å²) >= 11 is 1.88. The first-order valence-corrected chi connectivity index (χ1v) is 9.63. The van der Waals surface area contributed by atoms with E-state index in [-0.39, 0.29) is 28.4 Å². The first-order valence-electron chi connectivity index (χ1n) is 8.58. The Morgan fingerprint density at radius 3 is 2.88 bits per heavy atom. The predicted molar refractivity (Wildman–Crippen MR) is 92.7 cm³/mol. The van der Waals surface area contributed by atoms with Gasteiger partial charge in [0.2, 0.25) is 5.91 Å². The molecule has 1 aromatic rings. The van der Waals surface area contributed by atoms with Crippen molar-refractivity contribution >= 4 is 23.6 Å². The number of nitrogens with one attached hydrogen (secondary N) is 1. The van der Waals surface area contributed by atoms with Crippen molar-refractivity contribution < 1.29 is 14.1 Å². The lowest BCUT2D eigenvalue weighted by Crippen LogP contribution is -2.62. The van der Waals surface area contributed by atoms with Gasteiger partial charge in [0.25, 0.3) is 5.91 Å². The zero-order chi connectivity index (χ0) is 17.5. The summed E-state index contributed by atoms with van der Waals surface area (Å²) in [5, 5.41) is 6.82. The molecule has 3 heterocycles. The van der Waals surface area contributed by atoms with E-state index in [0.717, 1.165) is 18.6 Å². The van der Waals surface area contributed by atoms with Crippen LogP contribution in [0.4, 0.5) is 0 Å². The van der Waals surface area contributed by atoms with E-state index in [2.05, 4.69) is 36.1 Å². The quantitative estimate of drug-likeness (QED) is 0.902. The van der Waals surface area contributed by atoms with Crippen LogP contribution in [0.2, 0.25) is 0 Å². The molecule has 0 bridgehead atoms. The first-order chi connectivity index (χ1) is 11.4. The Bertz CT molecular complexity index is 645. The maximum Gasteiger partial charge on any atom is 0.274 e. The molecular formula is C17H25N3O3S. The van der Waals surface area contributed by atoms with Crippen LogP contribution in [0.5, 0.6) is 0 Å². The summed E-state index contributed by atoms with van der Waals surface area (Å²) in [4.78, 5) is 27.5. The van der Waals surface area contributed by atoms with Gasteiger partial charge in [-0.15, -0.1) is 11.8 Å². The molecule has 0 saturated carbocycles. The maximum atomic E-state index is 13.1. The fraction of sp³-hybridized carbons (Fsp3) is 0.706. The lowest BCUT2D eigenvalue weighted by Gasteiger charge is -2.46. The number of nitrogens with zero attached hydrogens (tertiary/aromatic N) is 2. The average molecular weight is 351 g/mol. The van der Waals surface area contributed by atoms with Gasteiger partial charge in [-0.1, -0.05) is 25.9 Å². The van der Waals surface area contributed by atoms with Crippen molar-refractivity contribution in [1.82, 2.24) is 15.4 Å². The Morgan fingerprint density at radius 1 is 1.54 bits per heavy atom. The van der Waals surface area contributed by atoms with Gasteiger partial charge in [-0.3, -0.25) is 9.59 Å². The summed E-state index contributed by atoms with van der Waals surface area (Å²) in [6.07, 6.45) is 2.52. The lowest BCUT2D eigenvalue weighted by atomic mass is 9.82. The minimum atomic E-state index is -0.478. The molecule has 3 unspecified atom stereocenters. The fourth-order valence-corrected chi connectivity index (χ4v) is 5.73. The number of thioether (sulfide) groups is 1. The standard InChI is InChI=1S/C17H25N3O3S/c1-5-17(10(2)3)9-24-14-7-6-12(16(22)20(14)17)18-15(21)13-8-11(4)23-19-13/h8,10,12,14H,5-7,9H2,1-4H3,(H,18,21). The zero-order valence-electron chi connectivity index (χ0n) is 14.7. The third-order valence-electron chi connectivity index (χ3n) is 5.38. The van der Waals surface area contributed by atoms with E-state index in [4.69, 9.17) is 4.52 Å². The Kier molecular flexibility index (Phi) is 4.64. The second-order valence-electron chi connectivity index (χ2n) is 7.01. The van der Waals surface area contributed by atoms with Gasteiger partial charge < -0.3 is 14.7 Å². The summed E-state index contributed by atoms with van der Waals surface area (Å²) in [6.45, 7) is 8.25. The number of carbonyl (C=O) groups is 2. The van der Waals surface area contributed by atoms with Crippen molar-refractivity contribution in [3.05, 3.63) is 17.5 Å². The predicted octanol–water partition coefficient (Wildman–Crippen LogP) is 2.58. The molecule has 3 rings (SSSR count). The topological polar surface area (TPSA) is 75.4 Å². The maximum absolute atomic E-state index is 13.1. The molecule has 2 fully saturated rings. The van der Waals surface area contributed by atoms with Gasteiger partial charge in [0.1, 0.15) is 11.8 Å². The molecular weight excluding hydrogens is 326 g/mol. The van der Waals surface area contributed by atoms with Crippen LogP contribution in [0.1, 0.15) is 56.3 Å². The van der Waals surface area contributed by atoms with Crippen LogP contribution in [-0.2, 0) is 4.79 Å². The molecule has 0 spiro atoms. The largest absolute Gasteiger partial charge is 0.361 e. The summed E-state index contributed by atoms with van der Waals surface area (Å²) < 4.78 is 4.94. The molecule has 2 aliphatic heterocycles. The molecule has 0 radical (unpaired) electrons. The number of piperidine rings is 1. The van der Waals surface area contributed by atoms with Gasteiger partial charge in [-0.05, 0) is 32.1 Å². The average Bonchev–Trinajstić information content (AvgIpc) is 3.14. The Morgan fingerprint density at radius 2 is 2.29 bits per heavy atom. The van der Waals surface area contributed by atoms with Crippen LogP contribution >= 0.6 is 11.8 Å². The number of amides is 2. The monoisotopic (exact) mass is 351 g/mol. The summed E-state index contributed by atoms with van der Waals surface area (Å²) in [5.41, 5.74) is 0.115. The molecule has 0 aliphatic carbocycles. The number of aromatic nitrogens is 1. The molecule has 7 heteroatoms. The highest BCUT2D eigenvalue weighted by Gasteiger charge is 2.53. The van der Waals surface area contributed by atoms with Crippen LogP contribution in [0.25, 0.3) is 0 Å². The van der Waals surface area contributed by atoms with Gasteiger partial charge in [0, 0.05) is 11.8 Å². The molecule has 0 aromatic carbocycles. The molecule has 24 heavy (non-hydrogen) atoms. The second-order valence-corrected chi connectivity index (χ2v) is 8.18. The number of hydrogen-bond donors (Lipinski definition) is 1. The number of hydrogen-bond acceptors (Lipinski definition) is 5. The Balaban J connectivity index is 1.78. The molecule has 2 amide bonds. The van der Waals surface area contributed by atoms with Gasteiger partial charge in [-0.2, -0.15) is 0 Å². The van der Waals surface area contributed by atoms with Gasteiger partial charge >= 0.3 is 0 Å². The molecule has 132 valence electrons. The number of rotatable bonds is 4. The van der Waals surface area contributed by atoms with Crippen molar-refractivity contribution in [2.75, 3.05) is 5.75 Å². The molecule has 2 aliphatic rings. The van der Waals surface area contributed by atoms with Crippen molar-refractivity contribution in [3.8, 4) is 0 Å². The van der Waals surface area contributed by atoms with Crippen molar-refractivity contribution in [3.63, 3.8) is 0 Å². The molecule has 6 nitrogen and oxygen atoms in total. The Labute approximate surface area is 146 Å². The van der Waals surface area contributed by atoms with E-state index >= 15 is 0 Å². The van der Waals surface area contributed by atoms with E-state index in [1.54, 1.807) is 13.0 Å². The summed E-state index contributed by atoms with van der Waals surface area (Å²) in [7, 11) is 0. The van der Waals surface area contributed by atoms with Gasteiger partial charge in [0.05, 0.1) is 10.9 Å². The number of carbonyl (C=O) groups excluding carboxylic acids is 2. The van der Waals surface area contributed by atoms with Crippen LogP contribution in [0.3, 0.4) is 0 Å². The van der Waals surface area contributed by atoms with Gasteiger partial charge in [0.15, 0.2) is 5.69 Å². The molecule has 1 aromatic heterocycles. The van der Waals surface area contributed by atoms with Crippen LogP contribution in [0, 0.1) is 12.8 Å². The second kappa shape index (κ2) is 6.43. The first kappa shape index (κ1) is 17.3. The molecule has 3 atom stereocenters. The normalized spacial score (nSPS) is 29.9. The van der Waals surface area contributed by atoms with Crippen molar-refractivity contribution in [2.45, 2.75) is 63.9 Å².